The maximum Gasteiger partial charge on any atom is 0.416 e. The van der Waals surface area contributed by atoms with Gasteiger partial charge in [-0.25, -0.2) is 4.79 Å². The first kappa shape index (κ1) is 33.0. The number of alkyl halides is 6. The van der Waals surface area contributed by atoms with Gasteiger partial charge in [0.05, 0.1) is 35.5 Å². The third-order valence-electron chi connectivity index (χ3n) is 7.22. The lowest BCUT2D eigenvalue weighted by atomic mass is 9.87. The number of amides is 1. The number of hydrogen-bond donors (Lipinski definition) is 1. The highest BCUT2D eigenvalue weighted by Gasteiger charge is 2.41. The smallest absolute Gasteiger partial charge is 0.416 e. The Bertz CT molecular complexity index is 1420. The first-order valence-electron chi connectivity index (χ1n) is 14.3. The molecule has 0 saturated carbocycles. The molecule has 1 aliphatic heterocycles. The molecule has 1 aromatic heterocycles. The van der Waals surface area contributed by atoms with Crippen molar-refractivity contribution in [2.24, 2.45) is 5.73 Å². The Hall–Kier alpha value is -3.88. The molecule has 240 valence electrons. The van der Waals surface area contributed by atoms with Crippen molar-refractivity contribution in [1.82, 2.24) is 20.2 Å². The van der Waals surface area contributed by atoms with E-state index in [1.54, 1.807) is 29.7 Å². The fourth-order valence-corrected chi connectivity index (χ4v) is 5.42. The van der Waals surface area contributed by atoms with Crippen molar-refractivity contribution in [3.63, 3.8) is 0 Å². The first-order valence-corrected chi connectivity index (χ1v) is 14.3. The van der Waals surface area contributed by atoms with Crippen LogP contribution in [0.3, 0.4) is 0 Å². The summed E-state index contributed by atoms with van der Waals surface area (Å²) in [5, 5.41) is 12.5. The molecule has 0 saturated heterocycles. The number of nitrogens with two attached hydrogens (primary N) is 1. The van der Waals surface area contributed by atoms with Gasteiger partial charge < -0.3 is 15.4 Å². The van der Waals surface area contributed by atoms with Crippen molar-refractivity contribution in [3.05, 3.63) is 64.2 Å². The second-order valence-electron chi connectivity index (χ2n) is 11.1. The molecule has 4 rings (SSSR count). The number of carbonyl (C=O) groups excluding carboxylic acids is 1. The Morgan fingerprint density at radius 3 is 2.32 bits per heavy atom. The summed E-state index contributed by atoms with van der Waals surface area (Å²) >= 11 is 0. The Morgan fingerprint density at radius 2 is 1.75 bits per heavy atom. The molecular weight excluding hydrogens is 592 g/mol. The van der Waals surface area contributed by atoms with E-state index in [9.17, 15) is 31.1 Å². The van der Waals surface area contributed by atoms with Gasteiger partial charge in [0.25, 0.3) is 5.95 Å². The fourth-order valence-electron chi connectivity index (χ4n) is 5.42. The zero-order valence-corrected chi connectivity index (χ0v) is 24.8. The Morgan fingerprint density at radius 1 is 1.09 bits per heavy atom. The van der Waals surface area contributed by atoms with E-state index in [4.69, 9.17) is 10.5 Å². The Labute approximate surface area is 250 Å². The van der Waals surface area contributed by atoms with Gasteiger partial charge in [-0.05, 0) is 74.2 Å². The van der Waals surface area contributed by atoms with Crippen molar-refractivity contribution in [3.8, 4) is 0 Å². The minimum atomic E-state index is -5.01. The van der Waals surface area contributed by atoms with E-state index in [-0.39, 0.29) is 37.1 Å². The topological polar surface area (TPSA) is 102 Å². The molecule has 15 heteroatoms. The summed E-state index contributed by atoms with van der Waals surface area (Å²) in [6, 6.07) is 5.86. The van der Waals surface area contributed by atoms with Crippen LogP contribution in [0.15, 0.2) is 36.4 Å². The van der Waals surface area contributed by atoms with Gasteiger partial charge in [0.1, 0.15) is 0 Å². The quantitative estimate of drug-likeness (QED) is 0.265. The largest absolute Gasteiger partial charge is 0.446 e. The number of tetrazole rings is 1. The molecule has 0 aliphatic carbocycles. The van der Waals surface area contributed by atoms with Crippen molar-refractivity contribution in [2.75, 3.05) is 16.3 Å². The molecule has 0 spiro atoms. The molecule has 1 amide bonds. The highest BCUT2D eigenvalue weighted by atomic mass is 19.4. The molecule has 9 nitrogen and oxygen atoms in total. The third-order valence-corrected chi connectivity index (χ3v) is 7.22. The number of aryl methyl sites for hydroxylation is 1. The molecule has 2 N–H and O–H groups in total. The number of anilines is 2. The van der Waals surface area contributed by atoms with Crippen LogP contribution in [0.1, 0.15) is 73.9 Å². The lowest BCUT2D eigenvalue weighted by Gasteiger charge is -2.44. The normalized spacial score (nSPS) is 17.1. The molecule has 0 radical (unpaired) electrons. The summed E-state index contributed by atoms with van der Waals surface area (Å²) in [4.78, 5) is 17.7. The number of rotatable bonds is 9. The molecule has 1 aliphatic rings. The van der Waals surface area contributed by atoms with E-state index in [0.717, 1.165) is 5.56 Å². The average molecular weight is 628 g/mol. The number of fused-ring (bicyclic) bond motifs is 1. The second-order valence-corrected chi connectivity index (χ2v) is 11.1. The lowest BCUT2D eigenvalue weighted by Crippen LogP contribution is -2.48. The number of aromatic nitrogens is 4. The molecular formula is C29H35F6N7O2. The Kier molecular flexibility index (Phi) is 9.76. The van der Waals surface area contributed by atoms with Crippen LogP contribution in [0.5, 0.6) is 0 Å². The van der Waals surface area contributed by atoms with Crippen molar-refractivity contribution >= 4 is 17.7 Å². The molecule has 44 heavy (non-hydrogen) atoms. The number of hydrogen-bond acceptors (Lipinski definition) is 7. The number of halogens is 6. The SMILES string of the molecule is CCC[C@@H]1C[C@H](N(Cc2cc(C(F)(F)F)cc(C(F)(F)F)c2)c2nnn(CCN)n2)c2cc(C)ccc2N1C(=O)OC(C)C. The number of benzene rings is 2. The van der Waals surface area contributed by atoms with E-state index in [0.29, 0.717) is 36.2 Å². The third kappa shape index (κ3) is 7.42. The van der Waals surface area contributed by atoms with Gasteiger partial charge in [0.2, 0.25) is 0 Å². The minimum absolute atomic E-state index is 0.00432. The number of carbonyl (C=O) groups is 1. The highest BCUT2D eigenvalue weighted by Crippen LogP contribution is 2.45. The zero-order chi connectivity index (χ0) is 32.4. The fraction of sp³-hybridized carbons (Fsp3) is 0.517. The molecule has 0 fully saturated rings. The van der Waals surface area contributed by atoms with Gasteiger partial charge in [0, 0.05) is 19.1 Å². The number of nitrogens with zero attached hydrogens (tertiary/aromatic N) is 6. The van der Waals surface area contributed by atoms with Crippen molar-refractivity contribution < 1.29 is 35.9 Å². The van der Waals surface area contributed by atoms with Crippen LogP contribution >= 0.6 is 0 Å². The summed E-state index contributed by atoms with van der Waals surface area (Å²) < 4.78 is 88.0. The lowest BCUT2D eigenvalue weighted by molar-refractivity contribution is -0.143. The summed E-state index contributed by atoms with van der Waals surface area (Å²) in [7, 11) is 0. The van der Waals surface area contributed by atoms with E-state index in [1.807, 2.05) is 26.0 Å². The maximum absolute atomic E-state index is 13.7. The van der Waals surface area contributed by atoms with Gasteiger partial charge >= 0.3 is 18.4 Å². The average Bonchev–Trinajstić information content (AvgIpc) is 3.38. The van der Waals surface area contributed by atoms with E-state index >= 15 is 0 Å². The summed E-state index contributed by atoms with van der Waals surface area (Å²) in [5.74, 6) is -0.00432. The zero-order valence-electron chi connectivity index (χ0n) is 24.8. The van der Waals surface area contributed by atoms with Crippen molar-refractivity contribution in [1.29, 1.82) is 0 Å². The standard InChI is InChI=1S/C29H35F6N7O2/c1-5-6-22-15-25(23-11-18(4)7-8-24(23)42(22)27(43)44-17(2)3)40(26-37-39-41(38-26)10-9-36)16-19-12-20(28(30,31)32)14-21(13-19)29(33,34)35/h7-8,11-14,17,22,25H,5-6,9-10,15-16,36H2,1-4H3/t22-,25+/m1/s1. The van der Waals surface area contributed by atoms with Crippen molar-refractivity contribution in [2.45, 2.75) is 90.6 Å². The van der Waals surface area contributed by atoms with Crippen LogP contribution in [0.4, 0.5) is 42.8 Å². The van der Waals surface area contributed by atoms with E-state index < -0.39 is 54.3 Å². The van der Waals surface area contributed by atoms with Crippen LogP contribution < -0.4 is 15.5 Å². The molecule has 2 aromatic carbocycles. The van der Waals surface area contributed by atoms with Gasteiger partial charge in [-0.2, -0.15) is 31.1 Å². The highest BCUT2D eigenvalue weighted by molar-refractivity contribution is 5.90. The predicted molar refractivity (Wildman–Crippen MR) is 151 cm³/mol. The molecule has 3 aromatic rings. The predicted octanol–water partition coefficient (Wildman–Crippen LogP) is 6.65. The van der Waals surface area contributed by atoms with Gasteiger partial charge in [-0.3, -0.25) is 4.90 Å². The molecule has 2 heterocycles. The minimum Gasteiger partial charge on any atom is -0.446 e. The van der Waals surface area contributed by atoms with Gasteiger partial charge in [-0.15, -0.1) is 5.10 Å². The molecule has 0 unspecified atom stereocenters. The summed E-state index contributed by atoms with van der Waals surface area (Å²) in [6.45, 7) is 7.22. The monoisotopic (exact) mass is 627 g/mol. The van der Waals surface area contributed by atoms with Crippen LogP contribution in [-0.2, 0) is 30.2 Å². The van der Waals surface area contributed by atoms with Gasteiger partial charge in [-0.1, -0.05) is 36.1 Å². The summed E-state index contributed by atoms with van der Waals surface area (Å²) in [5.41, 5.74) is 4.52. The number of ether oxygens (including phenoxy) is 1. The second kappa shape index (κ2) is 13.0. The van der Waals surface area contributed by atoms with Crippen LogP contribution in [0, 0.1) is 6.92 Å². The van der Waals surface area contributed by atoms with Crippen LogP contribution in [0.25, 0.3) is 0 Å². The molecule has 2 atom stereocenters. The summed E-state index contributed by atoms with van der Waals surface area (Å²) in [6.07, 6.45) is -9.44. The van der Waals surface area contributed by atoms with Gasteiger partial charge in [0.15, 0.2) is 0 Å². The van der Waals surface area contributed by atoms with E-state index in [1.165, 1.54) is 4.80 Å². The van der Waals surface area contributed by atoms with Crippen LogP contribution in [-0.4, -0.2) is 45.0 Å². The molecule has 0 bridgehead atoms. The Balaban J connectivity index is 1.90. The van der Waals surface area contributed by atoms with Crippen LogP contribution in [0.2, 0.25) is 0 Å². The first-order chi connectivity index (χ1) is 20.6. The van der Waals surface area contributed by atoms with E-state index in [2.05, 4.69) is 15.4 Å². The maximum atomic E-state index is 13.7.